The standard InChI is InChI=1S/C10H16NO3P/c1-4-8-7-9(5-6-10(8)11)15(12,13-2)14-3/h5-7H,4,11H2,1-3H3. The van der Waals surface area contributed by atoms with Crippen LogP contribution in [0, 0.1) is 0 Å². The number of rotatable bonds is 4. The summed E-state index contributed by atoms with van der Waals surface area (Å²) in [6.07, 6.45) is 0.785. The van der Waals surface area contributed by atoms with Gasteiger partial charge in [0.25, 0.3) is 0 Å². The summed E-state index contributed by atoms with van der Waals surface area (Å²) in [5.41, 5.74) is 7.40. The minimum atomic E-state index is -3.15. The molecule has 1 aromatic rings. The molecule has 2 N–H and O–H groups in total. The van der Waals surface area contributed by atoms with Crippen molar-refractivity contribution in [3.05, 3.63) is 23.8 Å². The molecule has 0 atom stereocenters. The Bertz CT molecular complexity index is 384. The maximum Gasteiger partial charge on any atom is 0.360 e. The third-order valence-electron chi connectivity index (χ3n) is 2.30. The zero-order valence-electron chi connectivity index (χ0n) is 9.19. The predicted molar refractivity (Wildman–Crippen MR) is 61.5 cm³/mol. The van der Waals surface area contributed by atoms with Crippen LogP contribution in [-0.4, -0.2) is 14.2 Å². The van der Waals surface area contributed by atoms with Crippen molar-refractivity contribution in [2.75, 3.05) is 20.0 Å². The van der Waals surface area contributed by atoms with Crippen molar-refractivity contribution in [3.8, 4) is 0 Å². The molecule has 1 rings (SSSR count). The number of nitrogens with two attached hydrogens (primary N) is 1. The highest BCUT2D eigenvalue weighted by Crippen LogP contribution is 2.45. The maximum atomic E-state index is 12.0. The summed E-state index contributed by atoms with van der Waals surface area (Å²) in [7, 11) is -0.414. The molecule has 0 fully saturated rings. The van der Waals surface area contributed by atoms with E-state index in [0.29, 0.717) is 11.0 Å². The molecule has 0 aliphatic carbocycles. The Morgan fingerprint density at radius 3 is 2.40 bits per heavy atom. The SMILES string of the molecule is CCc1cc(P(=O)(OC)OC)ccc1N. The van der Waals surface area contributed by atoms with Crippen LogP contribution in [0.1, 0.15) is 12.5 Å². The van der Waals surface area contributed by atoms with E-state index in [4.69, 9.17) is 14.8 Å². The van der Waals surface area contributed by atoms with Gasteiger partial charge in [-0.15, -0.1) is 0 Å². The Balaban J connectivity index is 3.21. The molecule has 0 spiro atoms. The van der Waals surface area contributed by atoms with E-state index in [1.165, 1.54) is 14.2 Å². The fourth-order valence-corrected chi connectivity index (χ4v) is 2.50. The zero-order valence-corrected chi connectivity index (χ0v) is 10.1. The van der Waals surface area contributed by atoms with Crippen LogP contribution in [0.25, 0.3) is 0 Å². The minimum Gasteiger partial charge on any atom is -0.399 e. The van der Waals surface area contributed by atoms with Gasteiger partial charge < -0.3 is 14.8 Å². The molecule has 0 unspecified atom stereocenters. The monoisotopic (exact) mass is 229 g/mol. The van der Waals surface area contributed by atoms with E-state index in [2.05, 4.69) is 0 Å². The van der Waals surface area contributed by atoms with Gasteiger partial charge >= 0.3 is 7.60 Å². The van der Waals surface area contributed by atoms with Gasteiger partial charge in [-0.1, -0.05) is 6.92 Å². The van der Waals surface area contributed by atoms with Gasteiger partial charge in [-0.3, -0.25) is 4.57 Å². The van der Waals surface area contributed by atoms with Gasteiger partial charge in [-0.2, -0.15) is 0 Å². The van der Waals surface area contributed by atoms with Gasteiger partial charge in [0.05, 0.1) is 5.30 Å². The smallest absolute Gasteiger partial charge is 0.360 e. The van der Waals surface area contributed by atoms with Crippen LogP contribution in [-0.2, 0) is 20.0 Å². The van der Waals surface area contributed by atoms with Crippen LogP contribution < -0.4 is 11.0 Å². The third kappa shape index (κ3) is 2.40. The lowest BCUT2D eigenvalue weighted by molar-refractivity contribution is 0.287. The molecular formula is C10H16NO3P. The molecule has 0 aliphatic heterocycles. The Hall–Kier alpha value is -0.830. The summed E-state index contributed by atoms with van der Waals surface area (Å²) >= 11 is 0. The Morgan fingerprint density at radius 1 is 1.33 bits per heavy atom. The number of nitrogen functional groups attached to an aromatic ring is 1. The second kappa shape index (κ2) is 4.79. The molecule has 0 aliphatic rings. The second-order valence-electron chi connectivity index (χ2n) is 3.10. The van der Waals surface area contributed by atoms with Gasteiger partial charge in [0.15, 0.2) is 0 Å². The number of anilines is 1. The fourth-order valence-electron chi connectivity index (χ4n) is 1.35. The maximum absolute atomic E-state index is 12.0. The van der Waals surface area contributed by atoms with Crippen molar-refractivity contribution in [1.29, 1.82) is 0 Å². The zero-order chi connectivity index (χ0) is 11.5. The van der Waals surface area contributed by atoms with Gasteiger partial charge in [-0.05, 0) is 30.2 Å². The first kappa shape index (κ1) is 12.2. The molecule has 4 nitrogen and oxygen atoms in total. The second-order valence-corrected chi connectivity index (χ2v) is 5.34. The van der Waals surface area contributed by atoms with Crippen molar-refractivity contribution >= 4 is 18.6 Å². The van der Waals surface area contributed by atoms with Crippen molar-refractivity contribution in [2.45, 2.75) is 13.3 Å². The summed E-state index contributed by atoms with van der Waals surface area (Å²) in [6.45, 7) is 1.99. The van der Waals surface area contributed by atoms with Gasteiger partial charge in [0, 0.05) is 19.9 Å². The number of hydrogen-bond donors (Lipinski definition) is 1. The first-order chi connectivity index (χ1) is 7.07. The Labute approximate surface area is 89.9 Å². The molecule has 0 saturated heterocycles. The van der Waals surface area contributed by atoms with Gasteiger partial charge in [-0.25, -0.2) is 0 Å². The molecule has 0 heterocycles. The highest BCUT2D eigenvalue weighted by atomic mass is 31.2. The first-order valence-corrected chi connectivity index (χ1v) is 6.22. The van der Waals surface area contributed by atoms with Crippen molar-refractivity contribution in [1.82, 2.24) is 0 Å². The van der Waals surface area contributed by atoms with Gasteiger partial charge in [0.1, 0.15) is 0 Å². The van der Waals surface area contributed by atoms with E-state index in [9.17, 15) is 4.57 Å². The summed E-state index contributed by atoms with van der Waals surface area (Å²) in [6, 6.07) is 5.16. The molecular weight excluding hydrogens is 213 g/mol. The molecule has 0 radical (unpaired) electrons. The molecule has 0 bridgehead atoms. The topological polar surface area (TPSA) is 61.5 Å². The fraction of sp³-hybridized carbons (Fsp3) is 0.400. The molecule has 0 aromatic heterocycles. The molecule has 0 saturated carbocycles. The number of aryl methyl sites for hydroxylation is 1. The van der Waals surface area contributed by atoms with Crippen molar-refractivity contribution in [3.63, 3.8) is 0 Å². The summed E-state index contributed by atoms with van der Waals surface area (Å²) in [5.74, 6) is 0. The average Bonchev–Trinajstić information content (AvgIpc) is 2.28. The quantitative estimate of drug-likeness (QED) is 0.633. The first-order valence-electron chi connectivity index (χ1n) is 4.68. The van der Waals surface area contributed by atoms with Crippen LogP contribution >= 0.6 is 7.60 Å². The molecule has 1 aromatic carbocycles. The van der Waals surface area contributed by atoms with Crippen molar-refractivity contribution in [2.24, 2.45) is 0 Å². The molecule has 15 heavy (non-hydrogen) atoms. The number of hydrogen-bond acceptors (Lipinski definition) is 4. The summed E-state index contributed by atoms with van der Waals surface area (Å²) in [4.78, 5) is 0. The molecule has 5 heteroatoms. The Kier molecular flexibility index (Phi) is 3.91. The molecule has 84 valence electrons. The molecule has 0 amide bonds. The summed E-state index contributed by atoms with van der Waals surface area (Å²) < 4.78 is 21.9. The minimum absolute atomic E-state index is 0.540. The lowest BCUT2D eigenvalue weighted by Crippen LogP contribution is -2.10. The van der Waals surface area contributed by atoms with E-state index < -0.39 is 7.60 Å². The Morgan fingerprint density at radius 2 is 1.93 bits per heavy atom. The van der Waals surface area contributed by atoms with E-state index in [1.807, 2.05) is 6.92 Å². The lowest BCUT2D eigenvalue weighted by atomic mass is 10.1. The van der Waals surface area contributed by atoms with Crippen LogP contribution in [0.4, 0.5) is 5.69 Å². The van der Waals surface area contributed by atoms with Crippen LogP contribution in [0.5, 0.6) is 0 Å². The number of benzene rings is 1. The van der Waals surface area contributed by atoms with Gasteiger partial charge in [0.2, 0.25) is 0 Å². The van der Waals surface area contributed by atoms with E-state index >= 15 is 0 Å². The van der Waals surface area contributed by atoms with Crippen LogP contribution in [0.3, 0.4) is 0 Å². The third-order valence-corrected chi connectivity index (χ3v) is 4.18. The van der Waals surface area contributed by atoms with E-state index in [-0.39, 0.29) is 0 Å². The summed E-state index contributed by atoms with van der Waals surface area (Å²) in [5, 5.41) is 0.540. The predicted octanol–water partition coefficient (Wildman–Crippen LogP) is 1.94. The normalized spacial score (nSPS) is 11.7. The van der Waals surface area contributed by atoms with Crippen molar-refractivity contribution < 1.29 is 13.6 Å². The van der Waals surface area contributed by atoms with Crippen LogP contribution in [0.2, 0.25) is 0 Å². The average molecular weight is 229 g/mol. The van der Waals surface area contributed by atoms with Crippen LogP contribution in [0.15, 0.2) is 18.2 Å². The highest BCUT2D eigenvalue weighted by molar-refractivity contribution is 7.62. The lowest BCUT2D eigenvalue weighted by Gasteiger charge is -2.15. The van der Waals surface area contributed by atoms with E-state index in [1.54, 1.807) is 18.2 Å². The highest BCUT2D eigenvalue weighted by Gasteiger charge is 2.24. The van der Waals surface area contributed by atoms with E-state index in [0.717, 1.165) is 12.0 Å². The largest absolute Gasteiger partial charge is 0.399 e.